The normalized spacial score (nSPS) is 37.9. The first kappa shape index (κ1) is 4.85. The quantitative estimate of drug-likeness (QED) is 0.434. The zero-order valence-corrected chi connectivity index (χ0v) is 5.23. The second-order valence-electron chi connectivity index (χ2n) is 2.35. The summed E-state index contributed by atoms with van der Waals surface area (Å²) in [7, 11) is 2.22. The van der Waals surface area contributed by atoms with Crippen LogP contribution in [-0.4, -0.2) is 18.1 Å². The molecule has 0 aliphatic carbocycles. The van der Waals surface area contributed by atoms with Gasteiger partial charge in [-0.2, -0.15) is 0 Å². The Kier molecular flexibility index (Phi) is 0.762. The highest BCUT2D eigenvalue weighted by Crippen LogP contribution is 2.28. The fourth-order valence-electron chi connectivity index (χ4n) is 0.724. The lowest BCUT2D eigenvalue weighted by Crippen LogP contribution is -2.19. The van der Waals surface area contributed by atoms with Crippen LogP contribution in [0.15, 0.2) is 11.9 Å². The van der Waals surface area contributed by atoms with Gasteiger partial charge in [-0.15, -0.1) is 0 Å². The number of hydrogen-bond acceptors (Lipinski definition) is 0. The molecule has 1 rings (SSSR count). The molecular formula is C6H12N+. The maximum Gasteiger partial charge on any atom is 0.164 e. The summed E-state index contributed by atoms with van der Waals surface area (Å²) in [6.07, 6.45) is 2.26. The monoisotopic (exact) mass is 98.1 g/mol. The zero-order valence-electron chi connectivity index (χ0n) is 5.23. The van der Waals surface area contributed by atoms with Crippen molar-refractivity contribution >= 4 is 0 Å². The van der Waals surface area contributed by atoms with E-state index in [9.17, 15) is 0 Å². The minimum atomic E-state index is 1.10. The smallest absolute Gasteiger partial charge is 0.164 e. The molecule has 1 nitrogen and oxygen atoms in total. The van der Waals surface area contributed by atoms with Gasteiger partial charge in [0, 0.05) is 6.92 Å². The highest BCUT2D eigenvalue weighted by atomic mass is 15.4. The minimum Gasteiger partial charge on any atom is -0.262 e. The fourth-order valence-corrected chi connectivity index (χ4v) is 0.724. The molecule has 7 heavy (non-hydrogen) atoms. The molecule has 0 aromatic heterocycles. The second kappa shape index (κ2) is 1.10. The predicted octanol–water partition coefficient (Wildman–Crippen LogP) is 1.33. The summed E-state index contributed by atoms with van der Waals surface area (Å²) in [5.41, 5.74) is 1.50. The molecule has 0 aromatic rings. The van der Waals surface area contributed by atoms with Gasteiger partial charge in [0.2, 0.25) is 0 Å². The van der Waals surface area contributed by atoms with Crippen LogP contribution in [0.4, 0.5) is 0 Å². The molecule has 40 valence electrons. The van der Waals surface area contributed by atoms with E-state index in [4.69, 9.17) is 0 Å². The van der Waals surface area contributed by atoms with Crippen molar-refractivity contribution in [3.8, 4) is 0 Å². The van der Waals surface area contributed by atoms with Gasteiger partial charge < -0.3 is 0 Å². The minimum absolute atomic E-state index is 1.10. The molecule has 1 heteroatoms. The van der Waals surface area contributed by atoms with E-state index in [2.05, 4.69) is 27.1 Å². The second-order valence-corrected chi connectivity index (χ2v) is 2.35. The van der Waals surface area contributed by atoms with Gasteiger partial charge in [-0.1, -0.05) is 0 Å². The molecule has 1 heterocycles. The molecule has 0 radical (unpaired) electrons. The molecular weight excluding hydrogens is 86.1 g/mol. The van der Waals surface area contributed by atoms with Crippen LogP contribution in [-0.2, 0) is 0 Å². The molecule has 0 saturated carbocycles. The van der Waals surface area contributed by atoms with Crippen molar-refractivity contribution in [2.24, 2.45) is 0 Å². The van der Waals surface area contributed by atoms with E-state index >= 15 is 0 Å². The highest BCUT2D eigenvalue weighted by Gasteiger charge is 2.34. The Balaban J connectivity index is 2.43. The highest BCUT2D eigenvalue weighted by molar-refractivity contribution is 4.98. The topological polar surface area (TPSA) is 0 Å². The van der Waals surface area contributed by atoms with E-state index in [1.165, 1.54) is 12.2 Å². The summed E-state index contributed by atoms with van der Waals surface area (Å²) in [5, 5.41) is 0. The summed E-state index contributed by atoms with van der Waals surface area (Å²) in [5.74, 6) is 0. The zero-order chi connectivity index (χ0) is 5.49. The van der Waals surface area contributed by atoms with Gasteiger partial charge in [0.15, 0.2) is 11.9 Å². The van der Waals surface area contributed by atoms with Crippen molar-refractivity contribution in [3.63, 3.8) is 0 Å². The lowest BCUT2D eigenvalue weighted by atomic mass is 10.6. The van der Waals surface area contributed by atoms with Crippen LogP contribution >= 0.6 is 0 Å². The Morgan fingerprint density at radius 2 is 2.14 bits per heavy atom. The van der Waals surface area contributed by atoms with E-state index in [-0.39, 0.29) is 0 Å². The van der Waals surface area contributed by atoms with E-state index in [1.807, 2.05) is 0 Å². The lowest BCUT2D eigenvalue weighted by Gasteiger charge is -2.07. The van der Waals surface area contributed by atoms with E-state index in [1.54, 1.807) is 0 Å². The number of nitrogens with zero attached hydrogens (tertiary/aromatic N) is 1. The molecule has 1 aliphatic rings. The summed E-state index contributed by atoms with van der Waals surface area (Å²) < 4.78 is 1.10. The molecule has 0 N–H and O–H groups in total. The van der Waals surface area contributed by atoms with Gasteiger partial charge in [-0.3, -0.25) is 4.48 Å². The van der Waals surface area contributed by atoms with Crippen molar-refractivity contribution in [3.05, 3.63) is 11.9 Å². The molecule has 1 unspecified atom stereocenters. The molecule has 0 spiro atoms. The number of quaternary nitrogens is 1. The summed E-state index contributed by atoms with van der Waals surface area (Å²) in [6, 6.07) is 0. The van der Waals surface area contributed by atoms with Crippen LogP contribution < -0.4 is 0 Å². The van der Waals surface area contributed by atoms with Gasteiger partial charge in [-0.25, -0.2) is 0 Å². The average Bonchev–Trinajstić information content (AvgIpc) is 2.18. The molecule has 1 aliphatic heterocycles. The van der Waals surface area contributed by atoms with Crippen molar-refractivity contribution in [2.75, 3.05) is 13.6 Å². The summed E-state index contributed by atoms with van der Waals surface area (Å²) in [6.45, 7) is 5.59. The largest absolute Gasteiger partial charge is 0.262 e. The Bertz CT molecular complexity index is 115. The third-order valence-corrected chi connectivity index (χ3v) is 1.87. The van der Waals surface area contributed by atoms with E-state index < -0.39 is 0 Å². The van der Waals surface area contributed by atoms with Gasteiger partial charge >= 0.3 is 0 Å². The Labute approximate surface area is 44.8 Å². The molecule has 0 bridgehead atoms. The van der Waals surface area contributed by atoms with Crippen LogP contribution in [0.1, 0.15) is 13.8 Å². The molecule has 0 saturated heterocycles. The molecule has 0 fully saturated rings. The van der Waals surface area contributed by atoms with Crippen LogP contribution in [0.5, 0.6) is 0 Å². The van der Waals surface area contributed by atoms with E-state index in [0.29, 0.717) is 0 Å². The average molecular weight is 98.2 g/mol. The maximum absolute atomic E-state index is 2.26. The van der Waals surface area contributed by atoms with Crippen molar-refractivity contribution in [1.82, 2.24) is 0 Å². The first-order chi connectivity index (χ1) is 3.19. The van der Waals surface area contributed by atoms with Crippen LogP contribution in [0, 0.1) is 0 Å². The standard InChI is InChI=1S/C6H12N/c1-4-7(3)5-6(7)2/h5H,4H2,1-3H3/q+1. The summed E-state index contributed by atoms with van der Waals surface area (Å²) in [4.78, 5) is 0. The van der Waals surface area contributed by atoms with Gasteiger partial charge in [-0.05, 0) is 6.92 Å². The Morgan fingerprint density at radius 1 is 1.71 bits per heavy atom. The van der Waals surface area contributed by atoms with E-state index in [0.717, 1.165) is 4.48 Å². The van der Waals surface area contributed by atoms with Gasteiger partial charge in [0.25, 0.3) is 0 Å². The number of allylic oxidation sites excluding steroid dienone is 1. The first-order valence-electron chi connectivity index (χ1n) is 2.74. The number of rotatable bonds is 1. The molecule has 0 amide bonds. The van der Waals surface area contributed by atoms with Crippen LogP contribution in [0.2, 0.25) is 0 Å². The van der Waals surface area contributed by atoms with Crippen molar-refractivity contribution < 1.29 is 4.48 Å². The van der Waals surface area contributed by atoms with Crippen molar-refractivity contribution in [1.29, 1.82) is 0 Å². The Morgan fingerprint density at radius 3 is 2.14 bits per heavy atom. The lowest BCUT2D eigenvalue weighted by molar-refractivity contribution is -0.752. The van der Waals surface area contributed by atoms with Crippen LogP contribution in [0.3, 0.4) is 0 Å². The predicted molar refractivity (Wildman–Crippen MR) is 30.5 cm³/mol. The first-order valence-corrected chi connectivity index (χ1v) is 2.74. The van der Waals surface area contributed by atoms with Gasteiger partial charge in [0.1, 0.15) is 0 Å². The van der Waals surface area contributed by atoms with Crippen LogP contribution in [0.25, 0.3) is 0 Å². The van der Waals surface area contributed by atoms with Gasteiger partial charge in [0.05, 0.1) is 13.6 Å². The summed E-state index contributed by atoms with van der Waals surface area (Å²) >= 11 is 0. The SMILES string of the molecule is CC[N+]1(C)C=C1C. The maximum atomic E-state index is 2.26. The molecule has 1 atom stereocenters. The van der Waals surface area contributed by atoms with Crippen molar-refractivity contribution in [2.45, 2.75) is 13.8 Å². The number of hydrogen-bond donors (Lipinski definition) is 0. The third-order valence-electron chi connectivity index (χ3n) is 1.87. The Hall–Kier alpha value is -0.300. The molecule has 0 aromatic carbocycles. The fraction of sp³-hybridized carbons (Fsp3) is 0.667. The third kappa shape index (κ3) is 0.570.